The van der Waals surface area contributed by atoms with Crippen LogP contribution in [0.4, 0.5) is 0 Å². The Balaban J connectivity index is 2.73. The van der Waals surface area contributed by atoms with Crippen LogP contribution in [0.15, 0.2) is 29.2 Å². The van der Waals surface area contributed by atoms with Gasteiger partial charge in [0.15, 0.2) is 0 Å². The maximum atomic E-state index is 5.90. The Morgan fingerprint density at radius 1 is 1.19 bits per heavy atom. The summed E-state index contributed by atoms with van der Waals surface area (Å²) in [5.41, 5.74) is 7.26. The van der Waals surface area contributed by atoms with Crippen LogP contribution in [0.1, 0.15) is 32.3 Å². The normalized spacial score (nSPS) is 13.1. The van der Waals surface area contributed by atoms with Crippen molar-refractivity contribution in [1.29, 1.82) is 0 Å². The van der Waals surface area contributed by atoms with Crippen LogP contribution in [0.5, 0.6) is 0 Å². The van der Waals surface area contributed by atoms with Crippen molar-refractivity contribution in [2.24, 2.45) is 11.7 Å². The summed E-state index contributed by atoms with van der Waals surface area (Å²) in [6.45, 7) is 7.46. The number of hydrogen-bond acceptors (Lipinski definition) is 2. The molecule has 2 N–H and O–H groups in total. The van der Waals surface area contributed by atoms with E-state index in [-0.39, 0.29) is 0 Å². The van der Waals surface area contributed by atoms with E-state index in [1.165, 1.54) is 23.3 Å². The van der Waals surface area contributed by atoms with E-state index < -0.39 is 0 Å². The van der Waals surface area contributed by atoms with Crippen molar-refractivity contribution < 1.29 is 0 Å². The fourth-order valence-corrected chi connectivity index (χ4v) is 3.41. The molecule has 1 rings (SSSR count). The van der Waals surface area contributed by atoms with E-state index in [4.69, 9.17) is 5.73 Å². The number of nitrogens with two attached hydrogens (primary N) is 1. The quantitative estimate of drug-likeness (QED) is 0.761. The second-order valence-corrected chi connectivity index (χ2v) is 5.52. The SMILES string of the molecule is CCC(CC)C(CN)Sc1ccccc1C. The molecule has 1 aromatic rings. The van der Waals surface area contributed by atoms with Gasteiger partial charge in [-0.2, -0.15) is 0 Å². The number of benzene rings is 1. The van der Waals surface area contributed by atoms with Gasteiger partial charge >= 0.3 is 0 Å². The summed E-state index contributed by atoms with van der Waals surface area (Å²) in [5, 5.41) is 0.552. The van der Waals surface area contributed by atoms with Gasteiger partial charge in [-0.1, -0.05) is 44.9 Å². The van der Waals surface area contributed by atoms with Gasteiger partial charge < -0.3 is 5.73 Å². The lowest BCUT2D eigenvalue weighted by molar-refractivity contribution is 0.475. The first-order valence-electron chi connectivity index (χ1n) is 6.15. The molecule has 1 atom stereocenters. The van der Waals surface area contributed by atoms with E-state index in [0.29, 0.717) is 5.25 Å². The standard InChI is InChI=1S/C14H23NS/c1-4-12(5-2)14(10-15)16-13-9-7-6-8-11(13)3/h6-9,12,14H,4-5,10,15H2,1-3H3. The van der Waals surface area contributed by atoms with Crippen LogP contribution >= 0.6 is 11.8 Å². The minimum atomic E-state index is 0.552. The van der Waals surface area contributed by atoms with Crippen LogP contribution in [-0.4, -0.2) is 11.8 Å². The number of aryl methyl sites for hydroxylation is 1. The predicted molar refractivity (Wildman–Crippen MR) is 74.0 cm³/mol. The smallest absolute Gasteiger partial charge is 0.0245 e. The van der Waals surface area contributed by atoms with Gasteiger partial charge in [-0.3, -0.25) is 0 Å². The Kier molecular flexibility index (Phi) is 5.93. The fourth-order valence-electron chi connectivity index (χ4n) is 2.00. The molecule has 1 unspecified atom stereocenters. The minimum absolute atomic E-state index is 0.552. The maximum Gasteiger partial charge on any atom is 0.0245 e. The van der Waals surface area contributed by atoms with Crippen molar-refractivity contribution in [3.05, 3.63) is 29.8 Å². The molecule has 0 aromatic heterocycles. The molecule has 0 bridgehead atoms. The van der Waals surface area contributed by atoms with Crippen LogP contribution in [0.25, 0.3) is 0 Å². The highest BCUT2D eigenvalue weighted by molar-refractivity contribution is 8.00. The zero-order valence-corrected chi connectivity index (χ0v) is 11.4. The monoisotopic (exact) mass is 237 g/mol. The minimum Gasteiger partial charge on any atom is -0.329 e. The van der Waals surface area contributed by atoms with E-state index in [9.17, 15) is 0 Å². The third-order valence-electron chi connectivity index (χ3n) is 3.18. The highest BCUT2D eigenvalue weighted by Crippen LogP contribution is 2.32. The van der Waals surface area contributed by atoms with Crippen LogP contribution in [0.3, 0.4) is 0 Å². The first-order chi connectivity index (χ1) is 7.72. The Bertz CT molecular complexity index is 307. The van der Waals surface area contributed by atoms with E-state index in [1.807, 2.05) is 11.8 Å². The van der Waals surface area contributed by atoms with Crippen LogP contribution in [-0.2, 0) is 0 Å². The molecule has 0 aliphatic carbocycles. The highest BCUT2D eigenvalue weighted by Gasteiger charge is 2.18. The Morgan fingerprint density at radius 2 is 1.81 bits per heavy atom. The first-order valence-corrected chi connectivity index (χ1v) is 7.03. The summed E-state index contributed by atoms with van der Waals surface area (Å²) >= 11 is 1.95. The Hall–Kier alpha value is -0.470. The van der Waals surface area contributed by atoms with Gasteiger partial charge in [-0.05, 0) is 24.5 Å². The fraction of sp³-hybridized carbons (Fsp3) is 0.571. The van der Waals surface area contributed by atoms with Crippen LogP contribution in [0.2, 0.25) is 0 Å². The zero-order chi connectivity index (χ0) is 12.0. The van der Waals surface area contributed by atoms with Gasteiger partial charge in [-0.25, -0.2) is 0 Å². The average Bonchev–Trinajstić information content (AvgIpc) is 2.31. The summed E-state index contributed by atoms with van der Waals surface area (Å²) in [7, 11) is 0. The van der Waals surface area contributed by atoms with Gasteiger partial charge in [0.2, 0.25) is 0 Å². The molecule has 90 valence electrons. The van der Waals surface area contributed by atoms with Crippen LogP contribution in [0, 0.1) is 12.8 Å². The van der Waals surface area contributed by atoms with E-state index in [2.05, 4.69) is 45.0 Å². The van der Waals surface area contributed by atoms with E-state index in [0.717, 1.165) is 12.5 Å². The summed E-state index contributed by atoms with van der Waals surface area (Å²) in [6, 6.07) is 8.57. The Morgan fingerprint density at radius 3 is 2.31 bits per heavy atom. The first kappa shape index (κ1) is 13.6. The van der Waals surface area contributed by atoms with Crippen molar-refractivity contribution in [1.82, 2.24) is 0 Å². The van der Waals surface area contributed by atoms with Gasteiger partial charge in [0.25, 0.3) is 0 Å². The van der Waals surface area contributed by atoms with Gasteiger partial charge in [0.05, 0.1) is 0 Å². The summed E-state index contributed by atoms with van der Waals surface area (Å²) in [6.07, 6.45) is 2.44. The lowest BCUT2D eigenvalue weighted by Gasteiger charge is -2.24. The van der Waals surface area contributed by atoms with Crippen LogP contribution < -0.4 is 5.73 Å². The third-order valence-corrected chi connectivity index (χ3v) is 4.77. The highest BCUT2D eigenvalue weighted by atomic mass is 32.2. The van der Waals surface area contributed by atoms with E-state index >= 15 is 0 Å². The summed E-state index contributed by atoms with van der Waals surface area (Å²) in [5.74, 6) is 0.731. The molecule has 0 aliphatic rings. The second-order valence-electron chi connectivity index (χ2n) is 4.23. The molecule has 0 heterocycles. The number of hydrogen-bond donors (Lipinski definition) is 1. The van der Waals surface area contributed by atoms with Crippen molar-refractivity contribution >= 4 is 11.8 Å². The predicted octanol–water partition coefficient (Wildman–Crippen LogP) is 3.85. The molecule has 0 saturated heterocycles. The molecule has 0 spiro atoms. The average molecular weight is 237 g/mol. The number of thioether (sulfide) groups is 1. The lowest BCUT2D eigenvalue weighted by atomic mass is 9.99. The molecule has 0 radical (unpaired) electrons. The van der Waals surface area contributed by atoms with Crippen molar-refractivity contribution in [2.75, 3.05) is 6.54 Å². The van der Waals surface area contributed by atoms with E-state index in [1.54, 1.807) is 0 Å². The third kappa shape index (κ3) is 3.53. The molecule has 0 fully saturated rings. The lowest BCUT2D eigenvalue weighted by Crippen LogP contribution is -2.25. The molecular weight excluding hydrogens is 214 g/mol. The molecular formula is C14H23NS. The molecule has 0 saturated carbocycles. The largest absolute Gasteiger partial charge is 0.329 e. The number of rotatable bonds is 6. The van der Waals surface area contributed by atoms with Crippen molar-refractivity contribution in [2.45, 2.75) is 43.8 Å². The molecule has 1 nitrogen and oxygen atoms in total. The summed E-state index contributed by atoms with van der Waals surface area (Å²) in [4.78, 5) is 1.38. The maximum absolute atomic E-state index is 5.90. The van der Waals surface area contributed by atoms with Crippen molar-refractivity contribution in [3.63, 3.8) is 0 Å². The Labute approximate surface area is 104 Å². The van der Waals surface area contributed by atoms with Gasteiger partial charge in [-0.15, -0.1) is 11.8 Å². The zero-order valence-electron chi connectivity index (χ0n) is 10.6. The van der Waals surface area contributed by atoms with Crippen molar-refractivity contribution in [3.8, 4) is 0 Å². The topological polar surface area (TPSA) is 26.0 Å². The molecule has 0 amide bonds. The van der Waals surface area contributed by atoms with Gasteiger partial charge in [0, 0.05) is 16.7 Å². The molecule has 0 aliphatic heterocycles. The van der Waals surface area contributed by atoms with Gasteiger partial charge in [0.1, 0.15) is 0 Å². The second kappa shape index (κ2) is 6.97. The summed E-state index contributed by atoms with van der Waals surface area (Å²) < 4.78 is 0. The molecule has 1 aromatic carbocycles. The molecule has 16 heavy (non-hydrogen) atoms. The molecule has 2 heteroatoms.